The first-order valence-electron chi connectivity index (χ1n) is 9.31. The van der Waals surface area contributed by atoms with E-state index in [-0.39, 0.29) is 30.4 Å². The lowest BCUT2D eigenvalue weighted by molar-refractivity contribution is -0.383. The topological polar surface area (TPSA) is 114 Å². The van der Waals surface area contributed by atoms with Gasteiger partial charge >= 0.3 is 0 Å². The van der Waals surface area contributed by atoms with E-state index < -0.39 is 16.9 Å². The molecule has 0 radical (unpaired) electrons. The van der Waals surface area contributed by atoms with Gasteiger partial charge in [0, 0.05) is 12.6 Å². The van der Waals surface area contributed by atoms with Crippen molar-refractivity contribution in [2.75, 3.05) is 29.9 Å². The number of carbonyl (C=O) groups excluding carboxylic acids is 2. The summed E-state index contributed by atoms with van der Waals surface area (Å²) >= 11 is 0. The number of nitro groups is 1. The Morgan fingerprint density at radius 3 is 2.69 bits per heavy atom. The molecular formula is C20H22N4O5. The summed E-state index contributed by atoms with van der Waals surface area (Å²) in [7, 11) is 0. The van der Waals surface area contributed by atoms with Crippen LogP contribution >= 0.6 is 0 Å². The minimum Gasteiger partial charge on any atom is -0.477 e. The first kappa shape index (κ1) is 20.1. The Morgan fingerprint density at radius 2 is 1.93 bits per heavy atom. The van der Waals surface area contributed by atoms with Crippen molar-refractivity contribution < 1.29 is 19.2 Å². The molecule has 0 saturated carbocycles. The zero-order valence-corrected chi connectivity index (χ0v) is 16.0. The third kappa shape index (κ3) is 4.81. The van der Waals surface area contributed by atoms with E-state index in [1.807, 2.05) is 13.0 Å². The molecule has 9 heteroatoms. The van der Waals surface area contributed by atoms with Crippen LogP contribution in [0.5, 0.6) is 5.75 Å². The number of nitrogens with one attached hydrogen (secondary N) is 2. The molecule has 0 aromatic heterocycles. The van der Waals surface area contributed by atoms with Gasteiger partial charge in [-0.2, -0.15) is 0 Å². The molecule has 0 bridgehead atoms. The van der Waals surface area contributed by atoms with Crippen LogP contribution in [0.1, 0.15) is 13.3 Å². The number of hydrogen-bond donors (Lipinski definition) is 2. The monoisotopic (exact) mass is 398 g/mol. The molecule has 29 heavy (non-hydrogen) atoms. The number of nitrogens with zero attached hydrogens (tertiary/aromatic N) is 2. The first-order chi connectivity index (χ1) is 14.0. The number of ether oxygens (including phenoxy) is 1. The molecule has 0 saturated heterocycles. The Labute approximate surface area is 167 Å². The number of carbonyl (C=O) groups is 2. The molecule has 1 heterocycles. The van der Waals surface area contributed by atoms with Gasteiger partial charge in [-0.25, -0.2) is 0 Å². The zero-order valence-electron chi connectivity index (χ0n) is 16.0. The SMILES string of the molecule is CCCNC(=O)[C@H]1CN(CC(=O)Nc2ccccc2[N+](=O)[O-])c2ccccc2O1. The molecular weight excluding hydrogens is 376 g/mol. The van der Waals surface area contributed by atoms with Gasteiger partial charge in [-0.1, -0.05) is 31.2 Å². The van der Waals surface area contributed by atoms with Gasteiger partial charge < -0.3 is 20.3 Å². The predicted octanol–water partition coefficient (Wildman–Crippen LogP) is 2.33. The minimum absolute atomic E-state index is 0.0794. The highest BCUT2D eigenvalue weighted by Gasteiger charge is 2.31. The predicted molar refractivity (Wildman–Crippen MR) is 108 cm³/mol. The van der Waals surface area contributed by atoms with Crippen LogP contribution in [-0.4, -0.2) is 42.5 Å². The highest BCUT2D eigenvalue weighted by molar-refractivity contribution is 5.96. The number of benzene rings is 2. The van der Waals surface area contributed by atoms with Crippen LogP contribution in [0.3, 0.4) is 0 Å². The highest BCUT2D eigenvalue weighted by atomic mass is 16.6. The van der Waals surface area contributed by atoms with Crippen LogP contribution in [0.15, 0.2) is 48.5 Å². The molecule has 2 N–H and O–H groups in total. The Hall–Kier alpha value is -3.62. The van der Waals surface area contributed by atoms with E-state index in [9.17, 15) is 19.7 Å². The van der Waals surface area contributed by atoms with Crippen LogP contribution in [0.4, 0.5) is 17.1 Å². The molecule has 2 amide bonds. The van der Waals surface area contributed by atoms with Gasteiger partial charge in [0.25, 0.3) is 11.6 Å². The van der Waals surface area contributed by atoms with Crippen molar-refractivity contribution in [2.24, 2.45) is 0 Å². The third-order valence-corrected chi connectivity index (χ3v) is 4.41. The summed E-state index contributed by atoms with van der Waals surface area (Å²) in [6, 6.07) is 13.1. The smallest absolute Gasteiger partial charge is 0.292 e. The maximum atomic E-state index is 12.6. The van der Waals surface area contributed by atoms with Crippen molar-refractivity contribution in [2.45, 2.75) is 19.4 Å². The van der Waals surface area contributed by atoms with Gasteiger partial charge in [-0.05, 0) is 24.6 Å². The Morgan fingerprint density at radius 1 is 1.21 bits per heavy atom. The summed E-state index contributed by atoms with van der Waals surface area (Å²) in [4.78, 5) is 37.3. The summed E-state index contributed by atoms with van der Waals surface area (Å²) in [6.45, 7) is 2.61. The van der Waals surface area contributed by atoms with Gasteiger partial charge in [0.05, 0.1) is 23.7 Å². The fourth-order valence-electron chi connectivity index (χ4n) is 3.06. The van der Waals surface area contributed by atoms with Crippen LogP contribution in [-0.2, 0) is 9.59 Å². The van der Waals surface area contributed by atoms with E-state index in [0.717, 1.165) is 6.42 Å². The fraction of sp³-hybridized carbons (Fsp3) is 0.300. The summed E-state index contributed by atoms with van der Waals surface area (Å²) in [5.74, 6) is -0.164. The van der Waals surface area contributed by atoms with Gasteiger partial charge in [0.2, 0.25) is 5.91 Å². The lowest BCUT2D eigenvalue weighted by atomic mass is 10.1. The van der Waals surface area contributed by atoms with Gasteiger partial charge in [0.1, 0.15) is 11.4 Å². The fourth-order valence-corrected chi connectivity index (χ4v) is 3.06. The second-order valence-electron chi connectivity index (χ2n) is 6.57. The minimum atomic E-state index is -0.754. The lowest BCUT2D eigenvalue weighted by Crippen LogP contribution is -2.50. The average molecular weight is 398 g/mol. The molecule has 9 nitrogen and oxygen atoms in total. The molecule has 0 spiro atoms. The molecule has 0 aliphatic carbocycles. The molecule has 0 unspecified atom stereocenters. The number of para-hydroxylation sites is 4. The van der Waals surface area contributed by atoms with Gasteiger partial charge in [-0.3, -0.25) is 19.7 Å². The summed E-state index contributed by atoms with van der Waals surface area (Å²) < 4.78 is 5.80. The Kier molecular flexibility index (Phi) is 6.28. The van der Waals surface area contributed by atoms with E-state index in [1.54, 1.807) is 29.2 Å². The third-order valence-electron chi connectivity index (χ3n) is 4.41. The van der Waals surface area contributed by atoms with Crippen LogP contribution in [0.25, 0.3) is 0 Å². The van der Waals surface area contributed by atoms with Gasteiger partial charge in [-0.15, -0.1) is 0 Å². The molecule has 0 fully saturated rings. The average Bonchev–Trinajstić information content (AvgIpc) is 2.72. The quantitative estimate of drug-likeness (QED) is 0.547. The van der Waals surface area contributed by atoms with Gasteiger partial charge in [0.15, 0.2) is 6.10 Å². The Balaban J connectivity index is 1.75. The van der Waals surface area contributed by atoms with Crippen molar-refractivity contribution in [3.05, 3.63) is 58.6 Å². The number of hydrogen-bond acceptors (Lipinski definition) is 6. The molecule has 1 atom stereocenters. The summed E-state index contributed by atoms with van der Waals surface area (Å²) in [6.07, 6.45) is 0.0483. The summed E-state index contributed by atoms with van der Waals surface area (Å²) in [5, 5.41) is 16.5. The number of rotatable bonds is 7. The largest absolute Gasteiger partial charge is 0.477 e. The Bertz CT molecular complexity index is 917. The normalized spacial score (nSPS) is 15.1. The van der Waals surface area contributed by atoms with Crippen molar-refractivity contribution in [3.8, 4) is 5.75 Å². The van der Waals surface area contributed by atoms with Crippen LogP contribution < -0.4 is 20.3 Å². The van der Waals surface area contributed by atoms with E-state index in [2.05, 4.69) is 10.6 Å². The molecule has 152 valence electrons. The van der Waals surface area contributed by atoms with Crippen molar-refractivity contribution in [1.29, 1.82) is 0 Å². The maximum Gasteiger partial charge on any atom is 0.292 e. The molecule has 3 rings (SSSR count). The van der Waals surface area contributed by atoms with Crippen molar-refractivity contribution in [1.82, 2.24) is 5.32 Å². The molecule has 1 aliphatic rings. The number of fused-ring (bicyclic) bond motifs is 1. The van der Waals surface area contributed by atoms with E-state index in [1.165, 1.54) is 18.2 Å². The van der Waals surface area contributed by atoms with E-state index in [0.29, 0.717) is 18.0 Å². The van der Waals surface area contributed by atoms with E-state index >= 15 is 0 Å². The van der Waals surface area contributed by atoms with Crippen molar-refractivity contribution >= 4 is 28.9 Å². The number of anilines is 2. The molecule has 1 aliphatic heterocycles. The van der Waals surface area contributed by atoms with E-state index in [4.69, 9.17) is 4.74 Å². The standard InChI is InChI=1S/C20H22N4O5/c1-2-11-21-20(26)18-12-23(16-9-5-6-10-17(16)29-18)13-19(25)22-14-7-3-4-8-15(14)24(27)28/h3-10,18H,2,11-13H2,1H3,(H,21,26)(H,22,25)/t18-/m1/s1. The highest BCUT2D eigenvalue weighted by Crippen LogP contribution is 2.33. The second-order valence-corrected chi connectivity index (χ2v) is 6.57. The number of nitro benzene ring substituents is 1. The molecule has 2 aromatic rings. The lowest BCUT2D eigenvalue weighted by Gasteiger charge is -2.35. The molecule has 2 aromatic carbocycles. The zero-order chi connectivity index (χ0) is 20.8. The van der Waals surface area contributed by atoms with Crippen LogP contribution in [0, 0.1) is 10.1 Å². The first-order valence-corrected chi connectivity index (χ1v) is 9.31. The summed E-state index contributed by atoms with van der Waals surface area (Å²) in [5.41, 5.74) is 0.631. The van der Waals surface area contributed by atoms with Crippen molar-refractivity contribution in [3.63, 3.8) is 0 Å². The van der Waals surface area contributed by atoms with Crippen LogP contribution in [0.2, 0.25) is 0 Å². The maximum absolute atomic E-state index is 12.6. The number of amides is 2. The second kappa shape index (κ2) is 9.05.